The quantitative estimate of drug-likeness (QED) is 0.688. The van der Waals surface area contributed by atoms with Crippen LogP contribution in [0.15, 0.2) is 48.9 Å². The van der Waals surface area contributed by atoms with Crippen molar-refractivity contribution in [2.45, 2.75) is 12.5 Å². The maximum Gasteiger partial charge on any atom is 0.305 e. The molecule has 8 heteroatoms. The Hall–Kier alpha value is -3.26. The molecule has 2 atom stereocenters. The number of para-hydroxylation sites is 1. The number of hydrogen-bond acceptors (Lipinski definition) is 6. The summed E-state index contributed by atoms with van der Waals surface area (Å²) < 4.78 is 6.51. The van der Waals surface area contributed by atoms with E-state index in [0.29, 0.717) is 23.3 Å². The number of ether oxygens (including phenoxy) is 1. The van der Waals surface area contributed by atoms with Crippen LogP contribution < -0.4 is 0 Å². The average molecular weight is 380 g/mol. The molecule has 0 aliphatic carbocycles. The van der Waals surface area contributed by atoms with Crippen LogP contribution in [0.25, 0.3) is 16.9 Å². The summed E-state index contributed by atoms with van der Waals surface area (Å²) in [6.07, 6.45) is 2.52. The van der Waals surface area contributed by atoms with Crippen LogP contribution in [0.2, 0.25) is 0 Å². The number of carbonyl (C=O) groups excluding carboxylic acids is 2. The molecule has 0 radical (unpaired) electrons. The van der Waals surface area contributed by atoms with Crippen molar-refractivity contribution in [3.05, 3.63) is 54.5 Å². The van der Waals surface area contributed by atoms with Gasteiger partial charge in [-0.05, 0) is 18.2 Å². The van der Waals surface area contributed by atoms with Gasteiger partial charge in [0.1, 0.15) is 11.8 Å². The lowest BCUT2D eigenvalue weighted by atomic mass is 10.0. The number of esters is 1. The van der Waals surface area contributed by atoms with Crippen molar-refractivity contribution < 1.29 is 19.4 Å². The predicted molar refractivity (Wildman–Crippen MR) is 101 cm³/mol. The van der Waals surface area contributed by atoms with Gasteiger partial charge < -0.3 is 14.7 Å². The Morgan fingerprint density at radius 1 is 1.21 bits per heavy atom. The molecule has 3 heterocycles. The van der Waals surface area contributed by atoms with Crippen LogP contribution in [0, 0.1) is 5.92 Å². The lowest BCUT2D eigenvalue weighted by Gasteiger charge is -2.15. The van der Waals surface area contributed by atoms with Gasteiger partial charge >= 0.3 is 5.97 Å². The number of benzene rings is 1. The molecular formula is C20H20N4O4. The third kappa shape index (κ3) is 3.34. The summed E-state index contributed by atoms with van der Waals surface area (Å²) in [6, 6.07) is 11.4. The van der Waals surface area contributed by atoms with Gasteiger partial charge in [0.15, 0.2) is 5.65 Å². The molecule has 0 spiro atoms. The number of carbonyl (C=O) groups is 2. The minimum absolute atomic E-state index is 0.0835. The topological polar surface area (TPSA) is 97.5 Å². The molecule has 1 fully saturated rings. The van der Waals surface area contributed by atoms with E-state index in [4.69, 9.17) is 0 Å². The molecule has 0 bridgehead atoms. The number of aliphatic hydroxyl groups excluding tert-OH is 1. The Bertz CT molecular complexity index is 1020. The smallest absolute Gasteiger partial charge is 0.305 e. The van der Waals surface area contributed by atoms with Gasteiger partial charge in [0, 0.05) is 30.9 Å². The van der Waals surface area contributed by atoms with E-state index in [2.05, 4.69) is 14.7 Å². The fourth-order valence-corrected chi connectivity index (χ4v) is 3.50. The van der Waals surface area contributed by atoms with Crippen molar-refractivity contribution in [3.8, 4) is 5.69 Å². The third-order valence-corrected chi connectivity index (χ3v) is 5.02. The van der Waals surface area contributed by atoms with Crippen LogP contribution in [-0.2, 0) is 9.53 Å². The Labute approximate surface area is 161 Å². The third-order valence-electron chi connectivity index (χ3n) is 5.02. The van der Waals surface area contributed by atoms with E-state index < -0.39 is 12.1 Å². The number of amides is 1. The van der Waals surface area contributed by atoms with Gasteiger partial charge in [0.2, 0.25) is 0 Å². The highest BCUT2D eigenvalue weighted by Gasteiger charge is 2.36. The first-order valence-electron chi connectivity index (χ1n) is 8.99. The molecule has 1 saturated heterocycles. The first-order valence-corrected chi connectivity index (χ1v) is 8.99. The van der Waals surface area contributed by atoms with Crippen molar-refractivity contribution in [3.63, 3.8) is 0 Å². The highest BCUT2D eigenvalue weighted by Crippen LogP contribution is 2.24. The van der Waals surface area contributed by atoms with Crippen LogP contribution in [0.4, 0.5) is 0 Å². The molecule has 1 aliphatic heterocycles. The largest absolute Gasteiger partial charge is 0.469 e. The summed E-state index contributed by atoms with van der Waals surface area (Å²) in [5.74, 6) is -0.964. The first kappa shape index (κ1) is 18.1. The van der Waals surface area contributed by atoms with Crippen LogP contribution >= 0.6 is 0 Å². The SMILES string of the molecule is COC(=O)C[C@@H]1CN(C(=O)c2cnc3c(c2)ncn3-c2ccccc2)C[C@H]1O. The van der Waals surface area contributed by atoms with Crippen molar-refractivity contribution in [2.75, 3.05) is 20.2 Å². The van der Waals surface area contributed by atoms with E-state index in [0.717, 1.165) is 5.69 Å². The Kier molecular flexibility index (Phi) is 4.79. The number of hydrogen-bond donors (Lipinski definition) is 1. The lowest BCUT2D eigenvalue weighted by Crippen LogP contribution is -2.29. The molecule has 0 saturated carbocycles. The van der Waals surface area contributed by atoms with Crippen LogP contribution in [0.3, 0.4) is 0 Å². The van der Waals surface area contributed by atoms with Gasteiger partial charge in [-0.3, -0.25) is 14.2 Å². The monoisotopic (exact) mass is 380 g/mol. The fraction of sp³-hybridized carbons (Fsp3) is 0.300. The van der Waals surface area contributed by atoms with E-state index in [1.165, 1.54) is 18.2 Å². The number of β-amino-alcohol motifs (C(OH)–C–C–N with tert-alkyl or cyclic N) is 1. The van der Waals surface area contributed by atoms with E-state index in [-0.39, 0.29) is 24.8 Å². The molecule has 0 unspecified atom stereocenters. The molecular weight excluding hydrogens is 360 g/mol. The lowest BCUT2D eigenvalue weighted by molar-refractivity contribution is -0.142. The van der Waals surface area contributed by atoms with Gasteiger partial charge in [0.05, 0.1) is 25.2 Å². The summed E-state index contributed by atoms with van der Waals surface area (Å²) in [4.78, 5) is 34.6. The van der Waals surface area contributed by atoms with Gasteiger partial charge in [-0.2, -0.15) is 0 Å². The summed E-state index contributed by atoms with van der Waals surface area (Å²) in [5.41, 5.74) is 2.61. The normalized spacial score (nSPS) is 19.1. The number of methoxy groups -OCH3 is 1. The predicted octanol–water partition coefficient (Wildman–Crippen LogP) is 1.42. The average Bonchev–Trinajstić information content (AvgIpc) is 3.31. The Morgan fingerprint density at radius 3 is 2.75 bits per heavy atom. The van der Waals surface area contributed by atoms with E-state index in [9.17, 15) is 14.7 Å². The van der Waals surface area contributed by atoms with Crippen LogP contribution in [0.5, 0.6) is 0 Å². The standard InChI is InChI=1S/C20H20N4O4/c1-28-18(26)8-14-10-23(11-17(14)25)20(27)13-7-16-19(21-9-13)24(12-22-16)15-5-3-2-4-6-15/h2-7,9,12,14,17,25H,8,10-11H2,1H3/t14-,17-/m1/s1. The zero-order valence-corrected chi connectivity index (χ0v) is 15.4. The highest BCUT2D eigenvalue weighted by atomic mass is 16.5. The van der Waals surface area contributed by atoms with Gasteiger partial charge in [-0.15, -0.1) is 0 Å². The molecule has 144 valence electrons. The number of fused-ring (bicyclic) bond motifs is 1. The number of aromatic nitrogens is 3. The second kappa shape index (κ2) is 7.40. The van der Waals surface area contributed by atoms with E-state index in [1.54, 1.807) is 12.4 Å². The number of aliphatic hydroxyl groups is 1. The molecule has 28 heavy (non-hydrogen) atoms. The van der Waals surface area contributed by atoms with E-state index >= 15 is 0 Å². The summed E-state index contributed by atoms with van der Waals surface area (Å²) in [5, 5.41) is 10.2. The molecule has 1 amide bonds. The molecule has 8 nitrogen and oxygen atoms in total. The van der Waals surface area contributed by atoms with Gasteiger partial charge in [0.25, 0.3) is 5.91 Å². The summed E-state index contributed by atoms with van der Waals surface area (Å²) in [7, 11) is 1.31. The molecule has 3 aromatic rings. The Balaban J connectivity index is 1.55. The fourth-order valence-electron chi connectivity index (χ4n) is 3.50. The number of nitrogens with zero attached hydrogens (tertiary/aromatic N) is 4. The van der Waals surface area contributed by atoms with Crippen molar-refractivity contribution in [1.82, 2.24) is 19.4 Å². The van der Waals surface area contributed by atoms with Crippen molar-refractivity contribution >= 4 is 23.0 Å². The Morgan fingerprint density at radius 2 is 2.00 bits per heavy atom. The number of rotatable bonds is 4. The minimum Gasteiger partial charge on any atom is -0.469 e. The zero-order valence-electron chi connectivity index (χ0n) is 15.4. The summed E-state index contributed by atoms with van der Waals surface area (Å²) >= 11 is 0. The highest BCUT2D eigenvalue weighted by molar-refractivity contribution is 5.96. The van der Waals surface area contributed by atoms with Crippen LogP contribution in [0.1, 0.15) is 16.8 Å². The molecule has 1 N–H and O–H groups in total. The van der Waals surface area contributed by atoms with Gasteiger partial charge in [-0.25, -0.2) is 9.97 Å². The number of pyridine rings is 1. The second-order valence-electron chi connectivity index (χ2n) is 6.83. The molecule has 2 aromatic heterocycles. The number of likely N-dealkylation sites (tertiary alicyclic amines) is 1. The molecule has 4 rings (SSSR count). The van der Waals surface area contributed by atoms with Gasteiger partial charge in [-0.1, -0.05) is 18.2 Å². The summed E-state index contributed by atoms with van der Waals surface area (Å²) in [6.45, 7) is 0.475. The van der Waals surface area contributed by atoms with Crippen molar-refractivity contribution in [2.24, 2.45) is 5.92 Å². The first-order chi connectivity index (χ1) is 13.6. The molecule has 1 aromatic carbocycles. The zero-order chi connectivity index (χ0) is 19.7. The van der Waals surface area contributed by atoms with E-state index in [1.807, 2.05) is 34.9 Å². The van der Waals surface area contributed by atoms with Crippen LogP contribution in [-0.4, -0.2) is 62.7 Å². The maximum absolute atomic E-state index is 12.8. The second-order valence-corrected chi connectivity index (χ2v) is 6.83. The maximum atomic E-state index is 12.8. The molecule has 1 aliphatic rings. The van der Waals surface area contributed by atoms with Crippen molar-refractivity contribution in [1.29, 1.82) is 0 Å². The minimum atomic E-state index is -0.753. The number of imidazole rings is 1.